The molecule has 2 heterocycles. The fraction of sp³-hybridized carbons (Fsp3) is 0.200. The summed E-state index contributed by atoms with van der Waals surface area (Å²) in [7, 11) is 1.52. The van der Waals surface area contributed by atoms with Gasteiger partial charge >= 0.3 is 12.4 Å². The average Bonchev–Trinajstić information content (AvgIpc) is 3.00. The first kappa shape index (κ1) is 17.1. The molecule has 2 aromatic heterocycles. The Morgan fingerprint density at radius 2 is 1.56 bits per heavy atom. The van der Waals surface area contributed by atoms with Crippen LogP contribution in [-0.2, 0) is 12.4 Å². The second kappa shape index (κ2) is 5.64. The van der Waals surface area contributed by atoms with Crippen LogP contribution in [0.2, 0.25) is 0 Å². The molecule has 0 aliphatic rings. The van der Waals surface area contributed by atoms with E-state index < -0.39 is 23.5 Å². The molecule has 4 nitrogen and oxygen atoms in total. The molecule has 1 N–H and O–H groups in total. The van der Waals surface area contributed by atoms with Gasteiger partial charge in [-0.25, -0.2) is 9.97 Å². The van der Waals surface area contributed by atoms with E-state index in [1.54, 1.807) is 0 Å². The molecule has 3 rings (SSSR count). The molecule has 10 heteroatoms. The van der Waals surface area contributed by atoms with E-state index in [1.807, 2.05) is 0 Å². The van der Waals surface area contributed by atoms with Crippen LogP contribution >= 0.6 is 0 Å². The first-order valence-electron chi connectivity index (χ1n) is 6.91. The van der Waals surface area contributed by atoms with Gasteiger partial charge in [0.05, 0.1) is 16.8 Å². The van der Waals surface area contributed by atoms with E-state index in [0.717, 1.165) is 0 Å². The number of halogens is 6. The monoisotopic (exact) mass is 360 g/mol. The van der Waals surface area contributed by atoms with Crippen molar-refractivity contribution in [3.63, 3.8) is 0 Å². The molecule has 0 radical (unpaired) electrons. The number of fused-ring (bicyclic) bond motifs is 1. The summed E-state index contributed by atoms with van der Waals surface area (Å²) in [6, 6.07) is 1.36. The van der Waals surface area contributed by atoms with E-state index in [4.69, 9.17) is 0 Å². The first-order valence-corrected chi connectivity index (χ1v) is 6.91. The van der Waals surface area contributed by atoms with Crippen LogP contribution in [0.5, 0.6) is 0 Å². The Hall–Kier alpha value is -2.78. The van der Waals surface area contributed by atoms with Crippen LogP contribution in [-0.4, -0.2) is 21.4 Å². The number of nitrogens with zero attached hydrogens (tertiary/aromatic N) is 3. The first-order chi connectivity index (χ1) is 11.6. The van der Waals surface area contributed by atoms with Crippen molar-refractivity contribution in [2.45, 2.75) is 12.4 Å². The lowest BCUT2D eigenvalue weighted by Gasteiger charge is -2.14. The standard InChI is InChI=1S/C15H10F6N4/c1-22-12-13-23-2-3-25(13)7-11(24-12)8-4-9(14(16,17)18)6-10(5-8)15(19,20)21/h2-7H,1H3,(H,22,24). The van der Waals surface area contributed by atoms with Crippen LogP contribution in [0.3, 0.4) is 0 Å². The van der Waals surface area contributed by atoms with Crippen LogP contribution in [0.25, 0.3) is 16.9 Å². The summed E-state index contributed by atoms with van der Waals surface area (Å²) in [5.41, 5.74) is -2.73. The van der Waals surface area contributed by atoms with Crippen LogP contribution in [0.15, 0.2) is 36.8 Å². The van der Waals surface area contributed by atoms with E-state index in [1.165, 1.54) is 30.0 Å². The Labute approximate surface area is 137 Å². The van der Waals surface area contributed by atoms with Gasteiger partial charge < -0.3 is 9.72 Å². The van der Waals surface area contributed by atoms with Gasteiger partial charge in [0.1, 0.15) is 0 Å². The summed E-state index contributed by atoms with van der Waals surface area (Å²) >= 11 is 0. The Balaban J connectivity index is 2.26. The maximum atomic E-state index is 13.0. The third-order valence-corrected chi connectivity index (χ3v) is 3.49. The number of aromatic nitrogens is 3. The van der Waals surface area contributed by atoms with Gasteiger partial charge in [-0.2, -0.15) is 26.3 Å². The molecule has 3 aromatic rings. The van der Waals surface area contributed by atoms with Gasteiger partial charge in [-0.15, -0.1) is 0 Å². The van der Waals surface area contributed by atoms with E-state index in [0.29, 0.717) is 17.8 Å². The summed E-state index contributed by atoms with van der Waals surface area (Å²) in [6.07, 6.45) is -5.56. The molecule has 1 aromatic carbocycles. The van der Waals surface area contributed by atoms with E-state index in [2.05, 4.69) is 15.3 Å². The predicted octanol–water partition coefficient (Wildman–Crippen LogP) is 4.48. The molecule has 132 valence electrons. The zero-order chi connectivity index (χ0) is 18.4. The van der Waals surface area contributed by atoms with Crippen molar-refractivity contribution in [3.05, 3.63) is 47.9 Å². The summed E-state index contributed by atoms with van der Waals surface area (Å²) in [5.74, 6) is 0.230. The average molecular weight is 360 g/mol. The molecule has 0 bridgehead atoms. The third kappa shape index (κ3) is 3.24. The Morgan fingerprint density at radius 1 is 0.960 bits per heavy atom. The zero-order valence-electron chi connectivity index (χ0n) is 12.6. The number of benzene rings is 1. The van der Waals surface area contributed by atoms with Crippen molar-refractivity contribution >= 4 is 11.5 Å². The maximum absolute atomic E-state index is 13.0. The van der Waals surface area contributed by atoms with Crippen LogP contribution in [0.4, 0.5) is 32.2 Å². The highest BCUT2D eigenvalue weighted by molar-refractivity contribution is 5.70. The van der Waals surface area contributed by atoms with Gasteiger partial charge in [0, 0.05) is 31.2 Å². The van der Waals surface area contributed by atoms with Crippen LogP contribution in [0, 0.1) is 0 Å². The second-order valence-corrected chi connectivity index (χ2v) is 5.18. The lowest BCUT2D eigenvalue weighted by atomic mass is 10.0. The highest BCUT2D eigenvalue weighted by Gasteiger charge is 2.37. The number of hydrogen-bond donors (Lipinski definition) is 1. The molecule has 0 atom stereocenters. The van der Waals surface area contributed by atoms with Crippen molar-refractivity contribution in [1.29, 1.82) is 0 Å². The molecule has 25 heavy (non-hydrogen) atoms. The Kier molecular flexibility index (Phi) is 3.85. The number of anilines is 1. The molecular weight excluding hydrogens is 350 g/mol. The van der Waals surface area contributed by atoms with E-state index in [-0.39, 0.29) is 23.1 Å². The second-order valence-electron chi connectivity index (χ2n) is 5.18. The minimum Gasteiger partial charge on any atom is -0.370 e. The van der Waals surface area contributed by atoms with Gasteiger partial charge in [0.15, 0.2) is 11.5 Å². The SMILES string of the molecule is CNc1nc(-c2cc(C(F)(F)F)cc(C(F)(F)F)c2)cn2ccnc12. The lowest BCUT2D eigenvalue weighted by Crippen LogP contribution is -2.11. The summed E-state index contributed by atoms with van der Waals surface area (Å²) in [5, 5.41) is 2.72. The number of nitrogens with one attached hydrogen (secondary N) is 1. The van der Waals surface area contributed by atoms with Crippen LogP contribution < -0.4 is 5.32 Å². The van der Waals surface area contributed by atoms with E-state index >= 15 is 0 Å². The van der Waals surface area contributed by atoms with Gasteiger partial charge in [0.25, 0.3) is 0 Å². The van der Waals surface area contributed by atoms with Gasteiger partial charge in [-0.3, -0.25) is 0 Å². The summed E-state index contributed by atoms with van der Waals surface area (Å²) < 4.78 is 79.4. The number of alkyl halides is 6. The largest absolute Gasteiger partial charge is 0.416 e. The zero-order valence-corrected chi connectivity index (χ0v) is 12.6. The number of imidazole rings is 1. The van der Waals surface area contributed by atoms with Gasteiger partial charge in [0.2, 0.25) is 0 Å². The van der Waals surface area contributed by atoms with Crippen molar-refractivity contribution in [2.24, 2.45) is 0 Å². The highest BCUT2D eigenvalue weighted by atomic mass is 19.4. The fourth-order valence-corrected chi connectivity index (χ4v) is 2.34. The fourth-order valence-electron chi connectivity index (χ4n) is 2.34. The summed E-state index contributed by atoms with van der Waals surface area (Å²) in [6.45, 7) is 0. The van der Waals surface area contributed by atoms with Gasteiger partial charge in [-0.1, -0.05) is 0 Å². The van der Waals surface area contributed by atoms with Gasteiger partial charge in [-0.05, 0) is 18.2 Å². The third-order valence-electron chi connectivity index (χ3n) is 3.49. The quantitative estimate of drug-likeness (QED) is 0.686. The van der Waals surface area contributed by atoms with Crippen LogP contribution in [0.1, 0.15) is 11.1 Å². The molecule has 0 saturated heterocycles. The highest BCUT2D eigenvalue weighted by Crippen LogP contribution is 2.38. The molecule has 0 aliphatic heterocycles. The lowest BCUT2D eigenvalue weighted by molar-refractivity contribution is -0.143. The molecular formula is C15H10F6N4. The Bertz CT molecular complexity index is 894. The Morgan fingerprint density at radius 3 is 2.08 bits per heavy atom. The molecule has 0 unspecified atom stereocenters. The van der Waals surface area contributed by atoms with Crippen molar-refractivity contribution in [2.75, 3.05) is 12.4 Å². The topological polar surface area (TPSA) is 42.2 Å². The molecule has 0 amide bonds. The predicted molar refractivity (Wildman–Crippen MR) is 78.0 cm³/mol. The molecule has 0 spiro atoms. The van der Waals surface area contributed by atoms with E-state index in [9.17, 15) is 26.3 Å². The normalized spacial score (nSPS) is 12.6. The van der Waals surface area contributed by atoms with Crippen molar-refractivity contribution < 1.29 is 26.3 Å². The molecule has 0 saturated carbocycles. The number of rotatable bonds is 2. The van der Waals surface area contributed by atoms with Crippen molar-refractivity contribution in [3.8, 4) is 11.3 Å². The molecule has 0 fully saturated rings. The molecule has 0 aliphatic carbocycles. The minimum atomic E-state index is -4.92. The smallest absolute Gasteiger partial charge is 0.370 e. The number of hydrogen-bond acceptors (Lipinski definition) is 3. The minimum absolute atomic E-state index is 0.0496. The maximum Gasteiger partial charge on any atom is 0.416 e. The summed E-state index contributed by atoms with van der Waals surface area (Å²) in [4.78, 5) is 8.09. The van der Waals surface area contributed by atoms with Crippen molar-refractivity contribution in [1.82, 2.24) is 14.4 Å².